The van der Waals surface area contributed by atoms with Crippen LogP contribution in [0.25, 0.3) is 0 Å². The molecular formula is C70H134O6. The summed E-state index contributed by atoms with van der Waals surface area (Å²) in [5, 5.41) is 0. The first-order valence-corrected chi connectivity index (χ1v) is 34.7. The number of unbranched alkanes of at least 4 members (excludes halogenated alkanes) is 52. The molecule has 0 spiro atoms. The van der Waals surface area contributed by atoms with Gasteiger partial charge in [0.1, 0.15) is 13.2 Å². The van der Waals surface area contributed by atoms with Gasteiger partial charge in [-0.3, -0.25) is 14.4 Å². The van der Waals surface area contributed by atoms with Crippen LogP contribution in [0.15, 0.2) is 12.2 Å². The number of ether oxygens (including phenoxy) is 3. The standard InChI is InChI=1S/C70H134O6/c1-4-7-10-13-16-19-22-25-28-30-31-32-33-34-35-36-37-38-40-42-45-48-51-54-57-60-63-69(72)75-66-67(65-74-68(71)62-59-56-53-50-47-44-41-27-24-21-18-15-12-9-6-3)76-70(73)64-61-58-55-52-49-46-43-39-29-26-23-20-17-14-11-8-5-2/h26,29,67H,4-25,27-28,30-66H2,1-3H3/b29-26-. The smallest absolute Gasteiger partial charge is 0.306 e. The van der Waals surface area contributed by atoms with Gasteiger partial charge in [0, 0.05) is 19.3 Å². The normalized spacial score (nSPS) is 12.0. The molecule has 1 unspecified atom stereocenters. The number of carbonyl (C=O) groups excluding carboxylic acids is 3. The number of carbonyl (C=O) groups is 3. The van der Waals surface area contributed by atoms with Crippen LogP contribution in [0.3, 0.4) is 0 Å². The van der Waals surface area contributed by atoms with Crippen LogP contribution < -0.4 is 0 Å². The summed E-state index contributed by atoms with van der Waals surface area (Å²) in [6, 6.07) is 0. The van der Waals surface area contributed by atoms with E-state index in [1.165, 1.54) is 302 Å². The number of rotatable bonds is 65. The van der Waals surface area contributed by atoms with E-state index in [4.69, 9.17) is 14.2 Å². The molecular weight excluding hydrogens is 937 g/mol. The summed E-state index contributed by atoms with van der Waals surface area (Å²) in [5.74, 6) is -0.835. The summed E-state index contributed by atoms with van der Waals surface area (Å²) in [5.41, 5.74) is 0. The van der Waals surface area contributed by atoms with Gasteiger partial charge in [0.2, 0.25) is 0 Å². The topological polar surface area (TPSA) is 78.9 Å². The third-order valence-electron chi connectivity index (χ3n) is 16.0. The van der Waals surface area contributed by atoms with E-state index >= 15 is 0 Å². The highest BCUT2D eigenvalue weighted by molar-refractivity contribution is 5.71. The van der Waals surface area contributed by atoms with E-state index in [0.29, 0.717) is 19.3 Å². The van der Waals surface area contributed by atoms with Crippen LogP contribution in [-0.4, -0.2) is 37.2 Å². The van der Waals surface area contributed by atoms with Gasteiger partial charge >= 0.3 is 17.9 Å². The summed E-state index contributed by atoms with van der Waals surface area (Å²) in [6.07, 6.45) is 78.1. The Morgan fingerprint density at radius 2 is 0.434 bits per heavy atom. The Kier molecular flexibility index (Phi) is 64.1. The van der Waals surface area contributed by atoms with Crippen molar-refractivity contribution in [3.8, 4) is 0 Å². The number of hydrogen-bond donors (Lipinski definition) is 0. The predicted octanol–water partition coefficient (Wildman–Crippen LogP) is 23.6. The molecule has 0 amide bonds. The zero-order chi connectivity index (χ0) is 55.0. The summed E-state index contributed by atoms with van der Waals surface area (Å²) in [4.78, 5) is 38.4. The first-order valence-electron chi connectivity index (χ1n) is 34.7. The highest BCUT2D eigenvalue weighted by Crippen LogP contribution is 2.19. The summed E-state index contributed by atoms with van der Waals surface area (Å²) < 4.78 is 17.0. The van der Waals surface area contributed by atoms with Crippen molar-refractivity contribution in [3.63, 3.8) is 0 Å². The molecule has 0 saturated heterocycles. The average Bonchev–Trinajstić information content (AvgIpc) is 3.42. The van der Waals surface area contributed by atoms with Gasteiger partial charge in [-0.05, 0) is 44.9 Å². The molecule has 0 rings (SSSR count). The Hall–Kier alpha value is -1.85. The lowest BCUT2D eigenvalue weighted by Gasteiger charge is -2.18. The zero-order valence-electron chi connectivity index (χ0n) is 51.8. The number of hydrogen-bond acceptors (Lipinski definition) is 6. The van der Waals surface area contributed by atoms with Crippen LogP contribution in [0.2, 0.25) is 0 Å². The van der Waals surface area contributed by atoms with Crippen molar-refractivity contribution in [1.82, 2.24) is 0 Å². The lowest BCUT2D eigenvalue weighted by atomic mass is 10.0. The first kappa shape index (κ1) is 74.2. The minimum absolute atomic E-state index is 0.0650. The molecule has 0 aromatic heterocycles. The van der Waals surface area contributed by atoms with Crippen molar-refractivity contribution in [3.05, 3.63) is 12.2 Å². The maximum atomic E-state index is 12.9. The second kappa shape index (κ2) is 65.7. The van der Waals surface area contributed by atoms with Crippen molar-refractivity contribution >= 4 is 17.9 Å². The van der Waals surface area contributed by atoms with Crippen molar-refractivity contribution in [2.24, 2.45) is 0 Å². The van der Waals surface area contributed by atoms with E-state index in [0.717, 1.165) is 57.8 Å². The number of esters is 3. The quantitative estimate of drug-likeness (QED) is 0.0261. The fourth-order valence-electron chi connectivity index (χ4n) is 10.8. The maximum Gasteiger partial charge on any atom is 0.306 e. The molecule has 1 atom stereocenters. The molecule has 0 aromatic rings. The second-order valence-electron chi connectivity index (χ2n) is 23.8. The summed E-state index contributed by atoms with van der Waals surface area (Å²) in [7, 11) is 0. The maximum absolute atomic E-state index is 12.9. The highest BCUT2D eigenvalue weighted by atomic mass is 16.6. The van der Waals surface area contributed by atoms with Gasteiger partial charge in [-0.2, -0.15) is 0 Å². The molecule has 0 aromatic carbocycles. The van der Waals surface area contributed by atoms with E-state index in [1.54, 1.807) is 0 Å². The van der Waals surface area contributed by atoms with E-state index in [2.05, 4.69) is 32.9 Å². The van der Waals surface area contributed by atoms with Crippen LogP contribution in [0.5, 0.6) is 0 Å². The monoisotopic (exact) mass is 1070 g/mol. The van der Waals surface area contributed by atoms with E-state index in [-0.39, 0.29) is 31.1 Å². The van der Waals surface area contributed by atoms with Crippen molar-refractivity contribution in [2.45, 2.75) is 406 Å². The second-order valence-corrected chi connectivity index (χ2v) is 23.8. The van der Waals surface area contributed by atoms with Gasteiger partial charge in [-0.1, -0.05) is 348 Å². The summed E-state index contributed by atoms with van der Waals surface area (Å²) in [6.45, 7) is 6.72. The lowest BCUT2D eigenvalue weighted by molar-refractivity contribution is -0.167. The molecule has 0 aliphatic carbocycles. The van der Waals surface area contributed by atoms with Crippen LogP contribution >= 0.6 is 0 Å². The molecule has 450 valence electrons. The minimum atomic E-state index is -0.768. The Morgan fingerprint density at radius 1 is 0.250 bits per heavy atom. The molecule has 0 heterocycles. The molecule has 0 radical (unpaired) electrons. The molecule has 0 aliphatic rings. The SMILES string of the molecule is CCCCCCCC/C=C\CCCCCCCCCC(=O)OC(COC(=O)CCCCCCCCCCCCCCCCC)COC(=O)CCCCCCCCCCCCCCCCCCCCCCCCCCCC. The lowest BCUT2D eigenvalue weighted by Crippen LogP contribution is -2.30. The van der Waals surface area contributed by atoms with Crippen LogP contribution in [0, 0.1) is 0 Å². The van der Waals surface area contributed by atoms with Crippen LogP contribution in [0.1, 0.15) is 400 Å². The molecule has 6 nitrogen and oxygen atoms in total. The van der Waals surface area contributed by atoms with Crippen LogP contribution in [0.4, 0.5) is 0 Å². The Balaban J connectivity index is 4.21. The van der Waals surface area contributed by atoms with Gasteiger partial charge in [0.15, 0.2) is 6.10 Å². The third-order valence-corrected chi connectivity index (χ3v) is 16.0. The van der Waals surface area contributed by atoms with Crippen molar-refractivity contribution < 1.29 is 28.6 Å². The Bertz CT molecular complexity index is 1180. The number of allylic oxidation sites excluding steroid dienone is 2. The molecule has 76 heavy (non-hydrogen) atoms. The zero-order valence-corrected chi connectivity index (χ0v) is 51.8. The van der Waals surface area contributed by atoms with Gasteiger partial charge in [0.05, 0.1) is 0 Å². The van der Waals surface area contributed by atoms with Crippen LogP contribution in [-0.2, 0) is 28.6 Å². The molecule has 6 heteroatoms. The fraction of sp³-hybridized carbons (Fsp3) is 0.929. The van der Waals surface area contributed by atoms with Crippen molar-refractivity contribution in [1.29, 1.82) is 0 Å². The largest absolute Gasteiger partial charge is 0.462 e. The Labute approximate surface area is 475 Å². The molecule has 0 fully saturated rings. The highest BCUT2D eigenvalue weighted by Gasteiger charge is 2.19. The average molecular weight is 1070 g/mol. The van der Waals surface area contributed by atoms with Crippen molar-refractivity contribution in [2.75, 3.05) is 13.2 Å². The fourth-order valence-corrected chi connectivity index (χ4v) is 10.8. The molecule has 0 N–H and O–H groups in total. The van der Waals surface area contributed by atoms with Gasteiger partial charge in [0.25, 0.3) is 0 Å². The summed E-state index contributed by atoms with van der Waals surface area (Å²) >= 11 is 0. The third kappa shape index (κ3) is 63.0. The van der Waals surface area contributed by atoms with Gasteiger partial charge in [-0.25, -0.2) is 0 Å². The molecule has 0 saturated carbocycles. The van der Waals surface area contributed by atoms with E-state index < -0.39 is 6.10 Å². The molecule has 0 bridgehead atoms. The van der Waals surface area contributed by atoms with E-state index in [9.17, 15) is 14.4 Å². The van der Waals surface area contributed by atoms with E-state index in [1.807, 2.05) is 0 Å². The predicted molar refractivity (Wildman–Crippen MR) is 330 cm³/mol. The Morgan fingerprint density at radius 3 is 0.658 bits per heavy atom. The molecule has 0 aliphatic heterocycles. The minimum Gasteiger partial charge on any atom is -0.462 e. The van der Waals surface area contributed by atoms with Gasteiger partial charge < -0.3 is 14.2 Å². The first-order chi connectivity index (χ1) is 37.5. The van der Waals surface area contributed by atoms with Gasteiger partial charge in [-0.15, -0.1) is 0 Å².